The molecule has 0 aliphatic rings. The van der Waals surface area contributed by atoms with Crippen LogP contribution in [0.1, 0.15) is 60.3 Å². The second-order valence-corrected chi connectivity index (χ2v) is 12.1. The summed E-state index contributed by atoms with van der Waals surface area (Å²) in [5, 5.41) is 5.26. The zero-order valence-electron chi connectivity index (χ0n) is 27.5. The minimum absolute atomic E-state index is 0.0116. The van der Waals surface area contributed by atoms with Crippen molar-refractivity contribution in [1.82, 2.24) is 9.63 Å². The van der Waals surface area contributed by atoms with Gasteiger partial charge in [-0.25, -0.2) is 0 Å². The highest BCUT2D eigenvalue weighted by Gasteiger charge is 2.26. The number of amides is 1. The number of carbonyl (C=O) groups is 3. The molecular weight excluding hydrogens is 586 g/mol. The van der Waals surface area contributed by atoms with Crippen LogP contribution < -0.4 is 4.90 Å². The van der Waals surface area contributed by atoms with E-state index in [4.69, 9.17) is 4.84 Å². The molecule has 0 radical (unpaired) electrons. The third-order valence-electron chi connectivity index (χ3n) is 8.85. The average Bonchev–Trinajstić information content (AvgIpc) is 3.39. The van der Waals surface area contributed by atoms with Gasteiger partial charge in [-0.3, -0.25) is 14.4 Å². The van der Waals surface area contributed by atoms with Gasteiger partial charge >= 0.3 is 5.97 Å². The van der Waals surface area contributed by atoms with E-state index in [-0.39, 0.29) is 11.7 Å². The molecule has 0 spiro atoms. The summed E-state index contributed by atoms with van der Waals surface area (Å²) in [7, 11) is 4.02. The fourth-order valence-electron chi connectivity index (χ4n) is 6.70. The Morgan fingerprint density at radius 3 is 2.06 bits per heavy atom. The van der Waals surface area contributed by atoms with Gasteiger partial charge < -0.3 is 14.3 Å². The van der Waals surface area contributed by atoms with Crippen LogP contribution in [0, 0.1) is 0 Å². The van der Waals surface area contributed by atoms with Gasteiger partial charge in [0.15, 0.2) is 5.78 Å². The number of nitrogens with zero attached hydrogens (tertiary/aromatic N) is 3. The van der Waals surface area contributed by atoms with Crippen molar-refractivity contribution in [2.24, 2.45) is 0 Å². The molecule has 238 valence electrons. The maximum Gasteiger partial charge on any atom is 0.329 e. The zero-order valence-corrected chi connectivity index (χ0v) is 27.5. The number of ketones is 1. The smallest absolute Gasteiger partial charge is 0.329 e. The van der Waals surface area contributed by atoms with E-state index in [1.165, 1.54) is 18.9 Å². The lowest BCUT2D eigenvalue weighted by atomic mass is 9.95. The standard InChI is InChI=1S/C40H39N3O4/c1-6-42-38-21-17-28(16-20-36(29-12-8-7-9-13-29)43(26(2)44)47-27(3)45)24-34(38)35-25-30(18-22-39(35)42)40(46)33-19-23-37(41(4)5)32-15-11-10-14-31(32)33/h7-15,17-19,21-25,36H,6,16,20H2,1-5H3. The van der Waals surface area contributed by atoms with Crippen LogP contribution in [0.2, 0.25) is 0 Å². The normalized spacial score (nSPS) is 11.9. The Hall–Kier alpha value is -5.43. The number of hydrogen-bond acceptors (Lipinski definition) is 5. The van der Waals surface area contributed by atoms with E-state index in [2.05, 4.69) is 46.7 Å². The second kappa shape index (κ2) is 13.1. The first-order valence-corrected chi connectivity index (χ1v) is 16.0. The molecule has 7 heteroatoms. The van der Waals surface area contributed by atoms with E-state index in [0.29, 0.717) is 24.0 Å². The fraction of sp³-hybridized carbons (Fsp3) is 0.225. The summed E-state index contributed by atoms with van der Waals surface area (Å²) in [6.45, 7) is 5.62. The first-order chi connectivity index (χ1) is 22.7. The topological polar surface area (TPSA) is 71.8 Å². The van der Waals surface area contributed by atoms with E-state index in [9.17, 15) is 14.4 Å². The van der Waals surface area contributed by atoms with Crippen LogP contribution in [0.5, 0.6) is 0 Å². The summed E-state index contributed by atoms with van der Waals surface area (Å²) in [5.74, 6) is -0.888. The molecule has 6 aromatic rings. The molecule has 1 unspecified atom stereocenters. The van der Waals surface area contributed by atoms with Crippen molar-refractivity contribution in [2.75, 3.05) is 19.0 Å². The Labute approximate surface area is 274 Å². The van der Waals surface area contributed by atoms with Crippen LogP contribution in [-0.4, -0.2) is 41.4 Å². The van der Waals surface area contributed by atoms with Gasteiger partial charge in [-0.15, -0.1) is 0 Å². The van der Waals surface area contributed by atoms with Crippen LogP contribution in [0.4, 0.5) is 5.69 Å². The lowest BCUT2D eigenvalue weighted by molar-refractivity contribution is -0.205. The van der Waals surface area contributed by atoms with Gasteiger partial charge in [-0.2, -0.15) is 5.06 Å². The maximum atomic E-state index is 14.1. The van der Waals surface area contributed by atoms with E-state index in [1.807, 2.05) is 86.9 Å². The van der Waals surface area contributed by atoms with Crippen LogP contribution >= 0.6 is 0 Å². The molecule has 1 atom stereocenters. The summed E-state index contributed by atoms with van der Waals surface area (Å²) in [4.78, 5) is 46.0. The van der Waals surface area contributed by atoms with Gasteiger partial charge in [-0.05, 0) is 78.7 Å². The molecule has 0 saturated heterocycles. The molecule has 6 rings (SSSR count). The van der Waals surface area contributed by atoms with E-state index < -0.39 is 12.0 Å². The number of aromatic nitrogens is 1. The van der Waals surface area contributed by atoms with Crippen LogP contribution in [0.25, 0.3) is 32.6 Å². The molecular formula is C40H39N3O4. The molecule has 47 heavy (non-hydrogen) atoms. The molecule has 0 fully saturated rings. The predicted octanol–water partition coefficient (Wildman–Crippen LogP) is 8.27. The number of rotatable bonds is 9. The Morgan fingerprint density at radius 1 is 0.745 bits per heavy atom. The van der Waals surface area contributed by atoms with Crippen molar-refractivity contribution in [2.45, 2.75) is 46.2 Å². The predicted molar refractivity (Wildman–Crippen MR) is 189 cm³/mol. The molecule has 0 aliphatic heterocycles. The van der Waals surface area contributed by atoms with E-state index >= 15 is 0 Å². The van der Waals surface area contributed by atoms with Crippen molar-refractivity contribution < 1.29 is 19.2 Å². The van der Waals surface area contributed by atoms with Gasteiger partial charge in [0, 0.05) is 78.5 Å². The molecule has 0 aliphatic carbocycles. The maximum absolute atomic E-state index is 14.1. The van der Waals surface area contributed by atoms with Crippen molar-refractivity contribution in [3.05, 3.63) is 125 Å². The average molecular weight is 626 g/mol. The third kappa shape index (κ3) is 6.09. The highest BCUT2D eigenvalue weighted by atomic mass is 16.7. The number of hydroxylamine groups is 2. The summed E-state index contributed by atoms with van der Waals surface area (Å²) >= 11 is 0. The first-order valence-electron chi connectivity index (χ1n) is 16.0. The highest BCUT2D eigenvalue weighted by molar-refractivity contribution is 6.20. The monoisotopic (exact) mass is 625 g/mol. The Bertz CT molecular complexity index is 2130. The minimum Gasteiger partial charge on any atom is -0.377 e. The SMILES string of the molecule is CCn1c2ccc(CCC(c3ccccc3)N(OC(C)=O)C(C)=O)cc2c2cc(C(=O)c3ccc(N(C)C)c4ccccc34)ccc21. The highest BCUT2D eigenvalue weighted by Crippen LogP contribution is 2.35. The number of carbonyl (C=O) groups excluding carboxylic acids is 3. The molecule has 0 N–H and O–H groups in total. The van der Waals surface area contributed by atoms with Crippen molar-refractivity contribution in [3.63, 3.8) is 0 Å². The Morgan fingerprint density at radius 2 is 1.40 bits per heavy atom. The summed E-state index contributed by atoms with van der Waals surface area (Å²) in [6.07, 6.45) is 1.19. The number of benzene rings is 5. The van der Waals surface area contributed by atoms with E-state index in [1.54, 1.807) is 0 Å². The summed E-state index contributed by atoms with van der Waals surface area (Å²) in [5.41, 5.74) is 6.54. The zero-order chi connectivity index (χ0) is 33.2. The lowest BCUT2D eigenvalue weighted by Gasteiger charge is -2.29. The van der Waals surface area contributed by atoms with Gasteiger partial charge in [0.25, 0.3) is 5.91 Å². The molecule has 0 saturated carbocycles. The molecule has 1 amide bonds. The van der Waals surface area contributed by atoms with Gasteiger partial charge in [0.2, 0.25) is 0 Å². The summed E-state index contributed by atoms with van der Waals surface area (Å²) < 4.78 is 2.27. The quantitative estimate of drug-likeness (QED) is 0.120. The molecule has 7 nitrogen and oxygen atoms in total. The van der Waals surface area contributed by atoms with Gasteiger partial charge in [0.1, 0.15) is 0 Å². The Kier molecular flexibility index (Phi) is 8.81. The van der Waals surface area contributed by atoms with E-state index in [0.717, 1.165) is 55.9 Å². The number of fused-ring (bicyclic) bond motifs is 4. The van der Waals surface area contributed by atoms with Crippen molar-refractivity contribution >= 4 is 55.9 Å². The first kappa shape index (κ1) is 31.5. The van der Waals surface area contributed by atoms with Crippen LogP contribution in [0.15, 0.2) is 103 Å². The number of hydrogen-bond donors (Lipinski definition) is 0. The number of aryl methyl sites for hydroxylation is 2. The van der Waals surface area contributed by atoms with Crippen LogP contribution in [0.3, 0.4) is 0 Å². The third-order valence-corrected chi connectivity index (χ3v) is 8.85. The molecule has 1 heterocycles. The van der Waals surface area contributed by atoms with Crippen LogP contribution in [-0.2, 0) is 27.4 Å². The van der Waals surface area contributed by atoms with Crippen molar-refractivity contribution in [1.29, 1.82) is 0 Å². The number of anilines is 1. The fourth-order valence-corrected chi connectivity index (χ4v) is 6.70. The Balaban J connectivity index is 1.38. The largest absolute Gasteiger partial charge is 0.377 e. The molecule has 0 bridgehead atoms. The second-order valence-electron chi connectivity index (χ2n) is 12.1. The lowest BCUT2D eigenvalue weighted by Crippen LogP contribution is -2.35. The molecule has 1 aromatic heterocycles. The van der Waals surface area contributed by atoms with Gasteiger partial charge in [-0.1, -0.05) is 60.7 Å². The van der Waals surface area contributed by atoms with Crippen molar-refractivity contribution in [3.8, 4) is 0 Å². The molecule has 5 aromatic carbocycles. The summed E-state index contributed by atoms with van der Waals surface area (Å²) in [6, 6.07) is 33.6. The minimum atomic E-state index is -0.540. The van der Waals surface area contributed by atoms with Gasteiger partial charge in [0.05, 0.1) is 6.04 Å².